The van der Waals surface area contributed by atoms with E-state index in [0.29, 0.717) is 0 Å². The monoisotopic (exact) mass is 448 g/mol. The van der Waals surface area contributed by atoms with Gasteiger partial charge >= 0.3 is 0 Å². The van der Waals surface area contributed by atoms with Crippen LogP contribution in [0, 0.1) is 13.8 Å². The molecule has 0 aliphatic rings. The van der Waals surface area contributed by atoms with Gasteiger partial charge in [0.05, 0.1) is 0 Å². The molecule has 0 N–H and O–H groups in total. The van der Waals surface area contributed by atoms with Crippen molar-refractivity contribution in [3.63, 3.8) is 0 Å². The molecule has 0 saturated carbocycles. The van der Waals surface area contributed by atoms with Crippen LogP contribution in [0.25, 0.3) is 0 Å². The molecule has 176 valence electrons. The summed E-state index contributed by atoms with van der Waals surface area (Å²) in [4.78, 5) is 14.9. The van der Waals surface area contributed by atoms with Gasteiger partial charge in [-0.3, -0.25) is 0 Å². The van der Waals surface area contributed by atoms with E-state index in [2.05, 4.69) is 36.4 Å². The molecule has 0 aliphatic heterocycles. The van der Waals surface area contributed by atoms with Gasteiger partial charge in [0.15, 0.2) is 0 Å². The highest BCUT2D eigenvalue weighted by atomic mass is 35.5. The number of aromatic nitrogens is 1. The number of hydrogen-bond acceptors (Lipinski definition) is 3. The number of carbonyl (C=O) groups is 1. The Morgan fingerprint density at radius 2 is 1.52 bits per heavy atom. The van der Waals surface area contributed by atoms with Crippen molar-refractivity contribution in [2.45, 2.75) is 74.1 Å². The van der Waals surface area contributed by atoms with Crippen LogP contribution in [0.15, 0.2) is 55.3 Å². The summed E-state index contributed by atoms with van der Waals surface area (Å²) in [5.41, 5.74) is 2.40. The largest absolute Gasteiger partial charge is 0.356 e. The van der Waals surface area contributed by atoms with E-state index in [9.17, 15) is 0 Å². The lowest BCUT2D eigenvalue weighted by atomic mass is 10.2. The molecule has 0 fully saturated rings. The predicted octanol–water partition coefficient (Wildman–Crippen LogP) is 8.48. The molecule has 0 spiro atoms. The molecule has 4 heteroatoms. The first kappa shape index (κ1) is 33.5. The van der Waals surface area contributed by atoms with Gasteiger partial charge in [-0.1, -0.05) is 76.6 Å². The minimum absolute atomic E-state index is 0.840. The lowest BCUT2D eigenvalue weighted by molar-refractivity contribution is -0.0979. The maximum atomic E-state index is 8.00. The number of pyridine rings is 1. The number of carbonyl (C=O) groups excluding carboxylic acids is 1. The maximum Gasteiger partial charge on any atom is 0.131 e. The van der Waals surface area contributed by atoms with Crippen molar-refractivity contribution in [3.8, 4) is 0 Å². The van der Waals surface area contributed by atoms with Crippen LogP contribution in [-0.2, 0) is 4.79 Å². The van der Waals surface area contributed by atoms with E-state index in [1.54, 1.807) is 0 Å². The molecule has 1 aromatic heterocycles. The van der Waals surface area contributed by atoms with Gasteiger partial charge in [-0.05, 0) is 62.8 Å². The van der Waals surface area contributed by atoms with Crippen molar-refractivity contribution in [2.24, 2.45) is 0 Å². The van der Waals surface area contributed by atoms with Crippen LogP contribution < -0.4 is 4.90 Å². The molecule has 0 radical (unpaired) electrons. The van der Waals surface area contributed by atoms with Gasteiger partial charge in [-0.2, -0.15) is 0 Å². The summed E-state index contributed by atoms with van der Waals surface area (Å²) in [6, 6.07) is 11.9. The molecule has 3 nitrogen and oxygen atoms in total. The molecule has 0 amide bonds. The molecule has 1 aromatic carbocycles. The lowest BCUT2D eigenvalue weighted by Crippen LogP contribution is -2.27. The first-order chi connectivity index (χ1) is 15.1. The van der Waals surface area contributed by atoms with E-state index in [1.807, 2.05) is 84.0 Å². The molecule has 2 rings (SSSR count). The first-order valence-corrected chi connectivity index (χ1v) is 11.7. The van der Waals surface area contributed by atoms with E-state index in [1.165, 1.54) is 18.4 Å². The van der Waals surface area contributed by atoms with E-state index in [4.69, 9.17) is 16.4 Å². The number of allylic oxidation sites excluding steroid dienone is 1. The molecule has 0 atom stereocenters. The third kappa shape index (κ3) is 17.3. The zero-order valence-electron chi connectivity index (χ0n) is 21.0. The van der Waals surface area contributed by atoms with Crippen LogP contribution in [0.5, 0.6) is 0 Å². The quantitative estimate of drug-likeness (QED) is 0.299. The Balaban J connectivity index is -0.000000466. The van der Waals surface area contributed by atoms with E-state index in [-0.39, 0.29) is 0 Å². The van der Waals surface area contributed by atoms with Crippen LogP contribution in [0.4, 0.5) is 5.82 Å². The van der Waals surface area contributed by atoms with Gasteiger partial charge in [0, 0.05) is 24.3 Å². The molecule has 0 aliphatic carbocycles. The van der Waals surface area contributed by atoms with Crippen molar-refractivity contribution >= 4 is 24.2 Å². The zero-order valence-corrected chi connectivity index (χ0v) is 21.7. The molecule has 2 aromatic rings. The highest BCUT2D eigenvalue weighted by Gasteiger charge is 2.08. The fraction of sp³-hybridized carbons (Fsp3) is 0.481. The minimum atomic E-state index is 0.840. The average molecular weight is 449 g/mol. The van der Waals surface area contributed by atoms with Gasteiger partial charge < -0.3 is 9.69 Å². The van der Waals surface area contributed by atoms with Crippen LogP contribution in [0.1, 0.15) is 71.4 Å². The molecule has 1 heterocycles. The van der Waals surface area contributed by atoms with Crippen molar-refractivity contribution < 1.29 is 4.79 Å². The van der Waals surface area contributed by atoms with E-state index in [0.717, 1.165) is 42.3 Å². The second-order valence-electron chi connectivity index (χ2n) is 6.16. The fourth-order valence-corrected chi connectivity index (χ4v) is 2.68. The van der Waals surface area contributed by atoms with E-state index >= 15 is 0 Å². The van der Waals surface area contributed by atoms with E-state index < -0.39 is 0 Å². The fourth-order valence-electron chi connectivity index (χ4n) is 2.54. The Hall–Kier alpha value is -2.13. The summed E-state index contributed by atoms with van der Waals surface area (Å²) in [5.74, 6) is 1.15. The topological polar surface area (TPSA) is 33.2 Å². The third-order valence-electron chi connectivity index (χ3n) is 3.94. The molecule has 0 saturated heterocycles. The van der Waals surface area contributed by atoms with Crippen LogP contribution >= 0.6 is 11.6 Å². The highest BCUT2D eigenvalue weighted by Crippen LogP contribution is 2.17. The average Bonchev–Trinajstić information content (AvgIpc) is 2.83. The van der Waals surface area contributed by atoms with Gasteiger partial charge in [-0.15, -0.1) is 6.58 Å². The summed E-state index contributed by atoms with van der Waals surface area (Å²) in [5, 5.41) is 0.840. The van der Waals surface area contributed by atoms with Crippen LogP contribution in [-0.4, -0.2) is 24.9 Å². The summed E-state index contributed by atoms with van der Waals surface area (Å²) in [6.07, 6.45) is 8.58. The predicted molar refractivity (Wildman–Crippen MR) is 142 cm³/mol. The molecular formula is C27H45ClN2O. The van der Waals surface area contributed by atoms with Gasteiger partial charge in [0.25, 0.3) is 0 Å². The molecule has 31 heavy (non-hydrogen) atoms. The lowest BCUT2D eigenvalue weighted by Gasteiger charge is -2.24. The zero-order chi connectivity index (χ0) is 24.5. The number of benzene rings is 1. The third-order valence-corrected chi connectivity index (χ3v) is 4.36. The standard InChI is InChI=1S/C15H24N2.C7H7Cl.2C2H6.CH2O/c1-4-6-7-8-13-17(12-5-2)15-14(3)10-9-11-16-15;1-6-4-2-3-5-7(6)8;3*1-2/h4,9-11H,1,5-8,12-13H2,2-3H3;2-5H,1H3;2*1-2H3;1H2. The number of aryl methyl sites for hydroxylation is 2. The number of hydrogen-bond donors (Lipinski definition) is 0. The minimum Gasteiger partial charge on any atom is -0.356 e. The molecule has 0 bridgehead atoms. The maximum absolute atomic E-state index is 8.00. The Kier molecular flexibility index (Phi) is 28.0. The van der Waals surface area contributed by atoms with Gasteiger partial charge in [-0.25, -0.2) is 4.98 Å². The molecular weight excluding hydrogens is 404 g/mol. The normalized spacial score (nSPS) is 8.52. The smallest absolute Gasteiger partial charge is 0.131 e. The van der Waals surface area contributed by atoms with Crippen molar-refractivity contribution in [1.29, 1.82) is 0 Å². The van der Waals surface area contributed by atoms with Crippen LogP contribution in [0.2, 0.25) is 5.02 Å². The number of unbranched alkanes of at least 4 members (excludes halogenated alkanes) is 2. The van der Waals surface area contributed by atoms with Gasteiger partial charge in [0.1, 0.15) is 12.6 Å². The second kappa shape index (κ2) is 25.9. The Morgan fingerprint density at radius 1 is 0.935 bits per heavy atom. The Morgan fingerprint density at radius 3 is 1.97 bits per heavy atom. The first-order valence-electron chi connectivity index (χ1n) is 11.4. The Bertz CT molecular complexity index is 626. The summed E-state index contributed by atoms with van der Waals surface area (Å²) in [6.45, 7) is 22.3. The van der Waals surface area contributed by atoms with Crippen molar-refractivity contribution in [3.05, 3.63) is 71.4 Å². The number of anilines is 1. The highest BCUT2D eigenvalue weighted by molar-refractivity contribution is 6.31. The Labute approximate surface area is 197 Å². The number of nitrogens with zero attached hydrogens (tertiary/aromatic N) is 2. The van der Waals surface area contributed by atoms with Crippen molar-refractivity contribution in [1.82, 2.24) is 4.98 Å². The SMILES string of the molecule is C=CCCCCN(CCC)c1ncccc1C.C=O.CC.CC.Cc1ccccc1Cl. The number of rotatable bonds is 8. The summed E-state index contributed by atoms with van der Waals surface area (Å²) >= 11 is 5.71. The second-order valence-corrected chi connectivity index (χ2v) is 6.57. The van der Waals surface area contributed by atoms with Gasteiger partial charge in [0.2, 0.25) is 0 Å². The molecule has 0 unspecified atom stereocenters. The van der Waals surface area contributed by atoms with Crippen molar-refractivity contribution in [2.75, 3.05) is 18.0 Å². The summed E-state index contributed by atoms with van der Waals surface area (Å²) in [7, 11) is 0. The number of halogens is 1. The summed E-state index contributed by atoms with van der Waals surface area (Å²) < 4.78 is 0. The van der Waals surface area contributed by atoms with Crippen LogP contribution in [0.3, 0.4) is 0 Å².